The van der Waals surface area contributed by atoms with Gasteiger partial charge in [0.15, 0.2) is 11.2 Å². The Kier molecular flexibility index (Phi) is 68.0. The molecule has 0 heterocycles. The summed E-state index contributed by atoms with van der Waals surface area (Å²) in [5, 5.41) is 67.6. The molecule has 35 heavy (non-hydrogen) atoms. The normalized spacial score (nSPS) is 8.06. The van der Waals surface area contributed by atoms with Crippen molar-refractivity contribution in [1.82, 2.24) is 0 Å². The largest absolute Gasteiger partial charge is 2.00 e. The van der Waals surface area contributed by atoms with E-state index in [-0.39, 0.29) is 190 Å². The minimum Gasteiger partial charge on any atom is -1.00 e. The van der Waals surface area contributed by atoms with Crippen molar-refractivity contribution in [3.63, 3.8) is 0 Å². The maximum atomic E-state index is 10.3. The van der Waals surface area contributed by atoms with Crippen LogP contribution >= 0.6 is 0 Å². The van der Waals surface area contributed by atoms with Crippen LogP contribution in [0.4, 0.5) is 0 Å². The SMILES string of the molecule is O.O.O.O.O.O=C(O)CC(O)(CC(=O)O)C(=O)O.O=C(O)CC(O)(CC(=O)O)C(=O)O.[Ca+2].[Ca+2].[Ca+2].[Ca+2].[H-].[H-].[H-].[H-].[H-].[H-].[H-].[H-]. The minimum atomic E-state index is -2.74. The first-order chi connectivity index (χ1) is 11.6. The Labute approximate surface area is 327 Å². The maximum Gasteiger partial charge on any atom is 2.00 e. The van der Waals surface area contributed by atoms with E-state index in [0.29, 0.717) is 0 Å². The number of aliphatic carboxylic acids is 6. The zero-order valence-electron chi connectivity index (χ0n) is 26.2. The van der Waals surface area contributed by atoms with Gasteiger partial charge in [-0.25, -0.2) is 9.59 Å². The van der Waals surface area contributed by atoms with E-state index in [4.69, 9.17) is 40.9 Å². The summed E-state index contributed by atoms with van der Waals surface area (Å²) in [5.74, 6) is -10.0. The van der Waals surface area contributed by atoms with Gasteiger partial charge in [0.1, 0.15) is 0 Å². The molecule has 0 saturated heterocycles. The maximum absolute atomic E-state index is 10.3. The molecule has 0 fully saturated rings. The van der Waals surface area contributed by atoms with Crippen molar-refractivity contribution in [2.75, 3.05) is 0 Å². The molecule has 0 aromatic carbocycles. The first-order valence-electron chi connectivity index (χ1n) is 6.34. The number of carboxylic acids is 6. The molecule has 0 aromatic rings. The smallest absolute Gasteiger partial charge is 1.00 e. The Morgan fingerprint density at radius 3 is 0.600 bits per heavy atom. The van der Waals surface area contributed by atoms with Crippen LogP contribution in [-0.4, -0.2) is 266 Å². The first kappa shape index (κ1) is 70.8. The van der Waals surface area contributed by atoms with Crippen LogP contribution in [0, 0.1) is 0 Å². The van der Waals surface area contributed by atoms with Crippen LogP contribution in [0.3, 0.4) is 0 Å². The summed E-state index contributed by atoms with van der Waals surface area (Å²) in [6.45, 7) is 0. The van der Waals surface area contributed by atoms with Gasteiger partial charge in [0.05, 0.1) is 25.7 Å². The molecule has 18 N–H and O–H groups in total. The van der Waals surface area contributed by atoms with Crippen molar-refractivity contribution in [2.24, 2.45) is 0 Å². The summed E-state index contributed by atoms with van der Waals surface area (Å²) in [5.41, 5.74) is -5.48. The number of rotatable bonds is 10. The summed E-state index contributed by atoms with van der Waals surface area (Å²) >= 11 is 0. The Hall–Kier alpha value is 1.58. The van der Waals surface area contributed by atoms with Crippen LogP contribution in [0.15, 0.2) is 0 Å². The van der Waals surface area contributed by atoms with Crippen LogP contribution in [0.2, 0.25) is 0 Å². The molecule has 0 amide bonds. The van der Waals surface area contributed by atoms with Gasteiger partial charge in [0.2, 0.25) is 0 Å². The molecule has 0 unspecified atom stereocenters. The topological polar surface area (TPSA) is 422 Å². The standard InChI is InChI=1S/2C6H8O7.4Ca.5H2O.8H/c2*7-3(8)1-6(13,5(11)12)2-4(9)10;;;;;;;;;;;;;;;;;/h2*13H,1-2H2,(H,7,8)(H,9,10)(H,11,12);;;;;5*1H2;;;;;;;;/q;;4*+2;;;;;;8*-1. The Morgan fingerprint density at radius 1 is 0.429 bits per heavy atom. The van der Waals surface area contributed by atoms with Gasteiger partial charge >= 0.3 is 187 Å². The van der Waals surface area contributed by atoms with Gasteiger partial charge in [0, 0.05) is 0 Å². The van der Waals surface area contributed by atoms with E-state index in [0.717, 1.165) is 0 Å². The first-order valence-corrected chi connectivity index (χ1v) is 6.34. The molecule has 0 radical (unpaired) electrons. The van der Waals surface area contributed by atoms with Gasteiger partial charge in [-0.15, -0.1) is 0 Å². The number of hydrogen-bond donors (Lipinski definition) is 8. The quantitative estimate of drug-likeness (QED) is 0.103. The van der Waals surface area contributed by atoms with E-state index in [1.165, 1.54) is 0 Å². The van der Waals surface area contributed by atoms with Crippen molar-refractivity contribution in [2.45, 2.75) is 36.9 Å². The van der Waals surface area contributed by atoms with E-state index in [1.54, 1.807) is 0 Å². The molecule has 0 bridgehead atoms. The van der Waals surface area contributed by atoms with Gasteiger partial charge in [-0.3, -0.25) is 19.2 Å². The molecule has 0 rings (SSSR count). The van der Waals surface area contributed by atoms with Gasteiger partial charge in [-0.2, -0.15) is 0 Å². The summed E-state index contributed by atoms with van der Waals surface area (Å²) in [7, 11) is 0. The zero-order valence-corrected chi connectivity index (χ0v) is 27.0. The number of hydrogen-bond acceptors (Lipinski definition) is 8. The van der Waals surface area contributed by atoms with Crippen LogP contribution in [-0.2, 0) is 28.8 Å². The molecular weight excluding hydrogens is 608 g/mol. The van der Waals surface area contributed by atoms with Crippen molar-refractivity contribution in [1.29, 1.82) is 0 Å². The fraction of sp³-hybridized carbons (Fsp3) is 0.500. The van der Waals surface area contributed by atoms with Gasteiger partial charge < -0.3 is 79.6 Å². The van der Waals surface area contributed by atoms with E-state index >= 15 is 0 Å². The summed E-state index contributed by atoms with van der Waals surface area (Å²) in [4.78, 5) is 61.0. The predicted molar refractivity (Wildman–Crippen MR) is 124 cm³/mol. The fourth-order valence-corrected chi connectivity index (χ4v) is 1.43. The van der Waals surface area contributed by atoms with Gasteiger partial charge in [-0.05, 0) is 0 Å². The van der Waals surface area contributed by atoms with Crippen molar-refractivity contribution >= 4 is 187 Å². The molecule has 204 valence electrons. The second-order valence-electron chi connectivity index (χ2n) is 4.96. The number of carboxylic acid groups (broad SMARTS) is 6. The summed E-state index contributed by atoms with van der Waals surface area (Å²) in [6, 6.07) is 0. The van der Waals surface area contributed by atoms with Gasteiger partial charge in [-0.1, -0.05) is 0 Å². The molecule has 0 aromatic heterocycles. The van der Waals surface area contributed by atoms with Crippen molar-refractivity contribution in [3.05, 3.63) is 0 Å². The molecule has 0 aliphatic rings. The summed E-state index contributed by atoms with van der Waals surface area (Å²) < 4.78 is 0. The molecule has 0 aliphatic heterocycles. The molecular formula is C12H34Ca4O19. The Bertz CT molecular complexity index is 558. The van der Waals surface area contributed by atoms with E-state index in [2.05, 4.69) is 0 Å². The van der Waals surface area contributed by atoms with Crippen LogP contribution in [0.5, 0.6) is 0 Å². The monoisotopic (exact) mass is 642 g/mol. The molecule has 0 aliphatic carbocycles. The number of carbonyl (C=O) groups is 6. The second kappa shape index (κ2) is 33.6. The molecule has 23 heteroatoms. The predicted octanol–water partition coefficient (Wildman–Crippen LogP) is -7.24. The average molecular weight is 643 g/mol. The number of aliphatic hydroxyl groups is 2. The third-order valence-corrected chi connectivity index (χ3v) is 2.57. The average Bonchev–Trinajstić information content (AvgIpc) is 2.34. The van der Waals surface area contributed by atoms with Crippen LogP contribution in [0.1, 0.15) is 37.1 Å². The molecule has 0 saturated carbocycles. The Morgan fingerprint density at radius 2 is 0.543 bits per heavy atom. The van der Waals surface area contributed by atoms with Crippen LogP contribution in [0.25, 0.3) is 0 Å². The molecule has 0 atom stereocenters. The van der Waals surface area contributed by atoms with Crippen molar-refractivity contribution in [3.8, 4) is 0 Å². The van der Waals surface area contributed by atoms with Crippen LogP contribution < -0.4 is 0 Å². The molecule has 0 spiro atoms. The summed E-state index contributed by atoms with van der Waals surface area (Å²) in [6.07, 6.45) is -4.58. The fourth-order valence-electron chi connectivity index (χ4n) is 1.43. The zero-order chi connectivity index (χ0) is 21.3. The second-order valence-corrected chi connectivity index (χ2v) is 4.96. The van der Waals surface area contributed by atoms with E-state index in [9.17, 15) is 28.8 Å². The van der Waals surface area contributed by atoms with E-state index in [1.807, 2.05) is 0 Å². The third kappa shape index (κ3) is 35.6. The van der Waals surface area contributed by atoms with Gasteiger partial charge in [0.25, 0.3) is 0 Å². The third-order valence-electron chi connectivity index (χ3n) is 2.57. The molecule has 19 nitrogen and oxygen atoms in total. The van der Waals surface area contributed by atoms with E-state index < -0.39 is 72.7 Å². The Balaban J connectivity index is -0.0000000113. The van der Waals surface area contributed by atoms with Crippen molar-refractivity contribution < 1.29 is 108 Å². The minimum absolute atomic E-state index is 0.